The Kier molecular flexibility index (Phi) is 5.16. The van der Waals surface area contributed by atoms with Gasteiger partial charge in [-0.05, 0) is 23.3 Å². The highest BCUT2D eigenvalue weighted by Crippen LogP contribution is 2.39. The molecule has 0 aliphatic rings. The van der Waals surface area contributed by atoms with Crippen molar-refractivity contribution in [2.45, 2.75) is 13.2 Å². The van der Waals surface area contributed by atoms with E-state index in [4.69, 9.17) is 13.9 Å². The van der Waals surface area contributed by atoms with Crippen molar-refractivity contribution < 1.29 is 13.9 Å². The number of oxazole rings is 1. The van der Waals surface area contributed by atoms with Crippen LogP contribution in [0.2, 0.25) is 0 Å². The van der Waals surface area contributed by atoms with Crippen molar-refractivity contribution in [3.8, 4) is 22.8 Å². The van der Waals surface area contributed by atoms with Gasteiger partial charge in [0.05, 0.1) is 11.8 Å². The predicted octanol–water partition coefficient (Wildman–Crippen LogP) is 5.50. The number of rotatable bonds is 7. The van der Waals surface area contributed by atoms with E-state index in [9.17, 15) is 0 Å². The molecule has 0 radical (unpaired) electrons. The molecule has 1 aromatic heterocycles. The van der Waals surface area contributed by atoms with Crippen LogP contribution in [0.25, 0.3) is 11.3 Å². The van der Waals surface area contributed by atoms with Crippen molar-refractivity contribution in [2.24, 2.45) is 0 Å². The second kappa shape index (κ2) is 8.23. The van der Waals surface area contributed by atoms with E-state index in [0.29, 0.717) is 30.5 Å². The first-order chi connectivity index (χ1) is 13.4. The van der Waals surface area contributed by atoms with Crippen LogP contribution < -0.4 is 9.47 Å². The van der Waals surface area contributed by atoms with Crippen LogP contribution in [0.1, 0.15) is 11.1 Å². The van der Waals surface area contributed by atoms with Gasteiger partial charge < -0.3 is 13.9 Å². The van der Waals surface area contributed by atoms with Gasteiger partial charge in [0.2, 0.25) is 0 Å². The molecule has 4 aromatic rings. The van der Waals surface area contributed by atoms with Gasteiger partial charge >= 0.3 is 0 Å². The van der Waals surface area contributed by atoms with Gasteiger partial charge in [0.25, 0.3) is 0 Å². The summed E-state index contributed by atoms with van der Waals surface area (Å²) in [5, 5.41) is 0. The summed E-state index contributed by atoms with van der Waals surface area (Å²) in [6, 6.07) is 25.9. The van der Waals surface area contributed by atoms with Gasteiger partial charge in [-0.3, -0.25) is 0 Å². The molecule has 4 rings (SSSR count). The van der Waals surface area contributed by atoms with Crippen LogP contribution >= 0.6 is 0 Å². The molecule has 3 aromatic carbocycles. The lowest BCUT2D eigenvalue weighted by Crippen LogP contribution is -2.02. The zero-order valence-corrected chi connectivity index (χ0v) is 14.7. The molecule has 0 saturated heterocycles. The maximum Gasteiger partial charge on any atom is 0.181 e. The molecule has 0 N–H and O–H groups in total. The maximum atomic E-state index is 6.15. The quantitative estimate of drug-likeness (QED) is 0.438. The van der Waals surface area contributed by atoms with E-state index in [0.717, 1.165) is 16.7 Å². The summed E-state index contributed by atoms with van der Waals surface area (Å²) < 4.78 is 17.7. The topological polar surface area (TPSA) is 44.5 Å². The molecule has 1 heterocycles. The third-order valence-electron chi connectivity index (χ3n) is 4.14. The summed E-state index contributed by atoms with van der Waals surface area (Å²) in [5.74, 6) is 1.96. The second-order valence-corrected chi connectivity index (χ2v) is 6.05. The molecule has 0 fully saturated rings. The normalized spacial score (nSPS) is 10.5. The molecular weight excluding hydrogens is 338 g/mol. The van der Waals surface area contributed by atoms with Crippen LogP contribution in [0.3, 0.4) is 0 Å². The van der Waals surface area contributed by atoms with Crippen molar-refractivity contribution in [3.05, 3.63) is 103 Å². The van der Waals surface area contributed by atoms with Crippen molar-refractivity contribution in [3.63, 3.8) is 0 Å². The summed E-state index contributed by atoms with van der Waals surface area (Å²) in [6.45, 7) is 0.899. The zero-order valence-electron chi connectivity index (χ0n) is 14.7. The Hall–Kier alpha value is -3.53. The highest BCUT2D eigenvalue weighted by Gasteiger charge is 2.16. The van der Waals surface area contributed by atoms with Crippen molar-refractivity contribution >= 4 is 0 Å². The van der Waals surface area contributed by atoms with E-state index in [2.05, 4.69) is 4.98 Å². The average molecular weight is 357 g/mol. The number of benzene rings is 3. The summed E-state index contributed by atoms with van der Waals surface area (Å²) in [6.07, 6.45) is 3.08. The van der Waals surface area contributed by atoms with E-state index in [1.54, 1.807) is 6.20 Å². The Labute approximate surface area is 158 Å². The van der Waals surface area contributed by atoms with E-state index >= 15 is 0 Å². The lowest BCUT2D eigenvalue weighted by Gasteiger charge is -2.16. The minimum Gasteiger partial charge on any atom is -0.485 e. The Morgan fingerprint density at radius 3 is 2.00 bits per heavy atom. The number of hydrogen-bond donors (Lipinski definition) is 0. The van der Waals surface area contributed by atoms with E-state index in [1.165, 1.54) is 6.39 Å². The van der Waals surface area contributed by atoms with Gasteiger partial charge in [-0.2, -0.15) is 0 Å². The zero-order chi connectivity index (χ0) is 18.3. The van der Waals surface area contributed by atoms with Crippen LogP contribution in [0.15, 0.2) is 95.9 Å². The monoisotopic (exact) mass is 357 g/mol. The molecule has 0 saturated carbocycles. The van der Waals surface area contributed by atoms with Crippen molar-refractivity contribution in [1.29, 1.82) is 0 Å². The summed E-state index contributed by atoms with van der Waals surface area (Å²) in [5.41, 5.74) is 2.99. The fourth-order valence-corrected chi connectivity index (χ4v) is 2.79. The number of hydrogen-bond acceptors (Lipinski definition) is 4. The fraction of sp³-hybridized carbons (Fsp3) is 0.0870. The average Bonchev–Trinajstić information content (AvgIpc) is 3.27. The first kappa shape index (κ1) is 16.9. The summed E-state index contributed by atoms with van der Waals surface area (Å²) in [4.78, 5) is 4.02. The standard InChI is InChI=1S/C23H19NO3/c1-3-8-18(9-4-1)15-25-21-13-7-12-20(22-14-24-17-27-22)23(21)26-16-19-10-5-2-6-11-19/h1-14,17H,15-16H2. The van der Waals surface area contributed by atoms with Crippen LogP contribution in [-0.4, -0.2) is 4.98 Å². The molecule has 134 valence electrons. The Balaban J connectivity index is 1.62. The van der Waals surface area contributed by atoms with Crippen LogP contribution in [0.4, 0.5) is 0 Å². The third-order valence-corrected chi connectivity index (χ3v) is 4.14. The molecule has 0 amide bonds. The SMILES string of the molecule is c1ccc(COc2cccc(-c3cnco3)c2OCc2ccccc2)cc1. The third kappa shape index (κ3) is 4.18. The molecule has 0 atom stereocenters. The van der Waals surface area contributed by atoms with Gasteiger partial charge in [-0.25, -0.2) is 4.98 Å². The van der Waals surface area contributed by atoms with Crippen LogP contribution in [-0.2, 0) is 13.2 Å². The Bertz CT molecular complexity index is 967. The number of ether oxygens (including phenoxy) is 2. The lowest BCUT2D eigenvalue weighted by molar-refractivity contribution is 0.256. The molecular formula is C23H19NO3. The minimum atomic E-state index is 0.438. The number of nitrogens with zero attached hydrogens (tertiary/aromatic N) is 1. The van der Waals surface area contributed by atoms with Crippen molar-refractivity contribution in [1.82, 2.24) is 4.98 Å². The molecule has 4 nitrogen and oxygen atoms in total. The summed E-state index contributed by atoms with van der Waals surface area (Å²) in [7, 11) is 0. The predicted molar refractivity (Wildman–Crippen MR) is 103 cm³/mol. The number of para-hydroxylation sites is 1. The van der Waals surface area contributed by atoms with Gasteiger partial charge in [-0.1, -0.05) is 66.7 Å². The van der Waals surface area contributed by atoms with Crippen LogP contribution in [0.5, 0.6) is 11.5 Å². The highest BCUT2D eigenvalue weighted by molar-refractivity contribution is 5.69. The molecule has 0 aliphatic heterocycles. The molecule has 27 heavy (non-hydrogen) atoms. The Morgan fingerprint density at radius 2 is 1.37 bits per heavy atom. The first-order valence-corrected chi connectivity index (χ1v) is 8.75. The van der Waals surface area contributed by atoms with Gasteiger partial charge in [0.15, 0.2) is 23.7 Å². The highest BCUT2D eigenvalue weighted by atomic mass is 16.5. The van der Waals surface area contributed by atoms with Crippen molar-refractivity contribution in [2.75, 3.05) is 0 Å². The lowest BCUT2D eigenvalue weighted by atomic mass is 10.1. The number of aromatic nitrogens is 1. The van der Waals surface area contributed by atoms with Gasteiger partial charge in [0.1, 0.15) is 13.2 Å². The van der Waals surface area contributed by atoms with E-state index < -0.39 is 0 Å². The van der Waals surface area contributed by atoms with Crippen LogP contribution in [0, 0.1) is 0 Å². The molecule has 0 aliphatic carbocycles. The molecule has 0 bridgehead atoms. The first-order valence-electron chi connectivity index (χ1n) is 8.75. The fourth-order valence-electron chi connectivity index (χ4n) is 2.79. The molecule has 0 unspecified atom stereocenters. The van der Waals surface area contributed by atoms with E-state index in [-0.39, 0.29) is 0 Å². The molecule has 4 heteroatoms. The van der Waals surface area contributed by atoms with E-state index in [1.807, 2.05) is 78.9 Å². The molecule has 0 spiro atoms. The smallest absolute Gasteiger partial charge is 0.181 e. The largest absolute Gasteiger partial charge is 0.485 e. The maximum absolute atomic E-state index is 6.15. The van der Waals surface area contributed by atoms with Gasteiger partial charge in [-0.15, -0.1) is 0 Å². The van der Waals surface area contributed by atoms with Gasteiger partial charge in [0, 0.05) is 0 Å². The minimum absolute atomic E-state index is 0.438. The Morgan fingerprint density at radius 1 is 0.704 bits per heavy atom. The second-order valence-electron chi connectivity index (χ2n) is 6.05. The summed E-state index contributed by atoms with van der Waals surface area (Å²) >= 11 is 0.